The molecule has 0 radical (unpaired) electrons. The molecule has 0 fully saturated rings. The zero-order chi connectivity index (χ0) is 20.9. The maximum Gasteiger partial charge on any atom is 0.306 e. The highest BCUT2D eigenvalue weighted by Crippen LogP contribution is 2.30. The molecule has 0 N–H and O–H groups in total. The molecular weight excluding hydrogens is 416 g/mol. The van der Waals surface area contributed by atoms with Crippen LogP contribution >= 0.6 is 23.1 Å². The monoisotopic (exact) mass is 440 g/mol. The molecule has 1 aliphatic heterocycles. The molecule has 30 heavy (non-hydrogen) atoms. The van der Waals surface area contributed by atoms with Gasteiger partial charge >= 0.3 is 5.97 Å². The Hall–Kier alpha value is -2.38. The summed E-state index contributed by atoms with van der Waals surface area (Å²) in [5.41, 5.74) is 3.11. The van der Waals surface area contributed by atoms with Gasteiger partial charge < -0.3 is 9.64 Å². The van der Waals surface area contributed by atoms with Crippen LogP contribution in [0.15, 0.2) is 52.9 Å². The Morgan fingerprint density at radius 2 is 2.00 bits per heavy atom. The predicted octanol–water partition coefficient (Wildman–Crippen LogP) is 5.08. The number of carbonyl (C=O) groups is 2. The topological polar surface area (TPSA) is 59.5 Å². The third kappa shape index (κ3) is 4.84. The minimum absolute atomic E-state index is 0.153. The minimum Gasteiger partial charge on any atom is -0.453 e. The number of esters is 1. The summed E-state index contributed by atoms with van der Waals surface area (Å²) in [7, 11) is 0. The van der Waals surface area contributed by atoms with Crippen molar-refractivity contribution in [3.63, 3.8) is 0 Å². The fraction of sp³-hybridized carbons (Fsp3) is 0.348. The first-order chi connectivity index (χ1) is 14.6. The van der Waals surface area contributed by atoms with E-state index in [1.165, 1.54) is 10.3 Å². The zero-order valence-electron chi connectivity index (χ0n) is 16.9. The van der Waals surface area contributed by atoms with Gasteiger partial charge in [-0.2, -0.15) is 0 Å². The molecule has 0 aliphatic carbocycles. The van der Waals surface area contributed by atoms with E-state index in [9.17, 15) is 9.59 Å². The summed E-state index contributed by atoms with van der Waals surface area (Å²) in [5, 5.41) is 0. The Balaban J connectivity index is 1.23. The number of carbonyl (C=O) groups excluding carboxylic acids is 2. The lowest BCUT2D eigenvalue weighted by Crippen LogP contribution is -2.42. The van der Waals surface area contributed by atoms with Gasteiger partial charge in [0.25, 0.3) is 5.91 Å². The van der Waals surface area contributed by atoms with Gasteiger partial charge in [0.05, 0.1) is 10.2 Å². The van der Waals surface area contributed by atoms with Crippen LogP contribution in [0.4, 0.5) is 5.69 Å². The molecule has 1 aromatic heterocycles. The summed E-state index contributed by atoms with van der Waals surface area (Å²) in [6, 6.07) is 16.0. The molecule has 4 rings (SSSR count). The number of para-hydroxylation sites is 2. The van der Waals surface area contributed by atoms with Gasteiger partial charge in [0, 0.05) is 24.4 Å². The second kappa shape index (κ2) is 9.62. The van der Waals surface area contributed by atoms with Crippen LogP contribution in [0.3, 0.4) is 0 Å². The summed E-state index contributed by atoms with van der Waals surface area (Å²) in [5.74, 6) is 0.307. The number of hydrogen-bond acceptors (Lipinski definition) is 6. The van der Waals surface area contributed by atoms with Crippen molar-refractivity contribution in [3.05, 3.63) is 54.1 Å². The van der Waals surface area contributed by atoms with Crippen LogP contribution in [0, 0.1) is 0 Å². The van der Waals surface area contributed by atoms with E-state index >= 15 is 0 Å². The molecule has 7 heteroatoms. The number of ether oxygens (including phenoxy) is 1. The molecule has 0 saturated carbocycles. The van der Waals surface area contributed by atoms with Crippen molar-refractivity contribution in [1.29, 1.82) is 0 Å². The summed E-state index contributed by atoms with van der Waals surface area (Å²) < 4.78 is 7.61. The number of aromatic nitrogens is 1. The van der Waals surface area contributed by atoms with Crippen molar-refractivity contribution >= 4 is 50.9 Å². The van der Waals surface area contributed by atoms with Crippen LogP contribution in [0.5, 0.6) is 0 Å². The van der Waals surface area contributed by atoms with Crippen LogP contribution in [-0.2, 0) is 20.7 Å². The van der Waals surface area contributed by atoms with Gasteiger partial charge in [0.1, 0.15) is 0 Å². The summed E-state index contributed by atoms with van der Waals surface area (Å²) in [4.78, 5) is 31.4. The van der Waals surface area contributed by atoms with Crippen molar-refractivity contribution in [2.45, 2.75) is 43.1 Å². The number of fused-ring (bicyclic) bond motifs is 2. The van der Waals surface area contributed by atoms with E-state index in [0.717, 1.165) is 34.1 Å². The van der Waals surface area contributed by atoms with Crippen molar-refractivity contribution in [1.82, 2.24) is 4.98 Å². The van der Waals surface area contributed by atoms with E-state index in [4.69, 9.17) is 4.74 Å². The summed E-state index contributed by atoms with van der Waals surface area (Å²) in [6.07, 6.45) is 2.10. The number of rotatable bonds is 7. The molecule has 0 spiro atoms. The van der Waals surface area contributed by atoms with Crippen LogP contribution in [0.25, 0.3) is 10.2 Å². The van der Waals surface area contributed by atoms with Crippen LogP contribution in [0.1, 0.15) is 31.7 Å². The molecule has 5 nitrogen and oxygen atoms in total. The quantitative estimate of drug-likeness (QED) is 0.291. The summed E-state index contributed by atoms with van der Waals surface area (Å²) in [6.45, 7) is 2.32. The minimum atomic E-state index is -0.777. The number of anilines is 1. The fourth-order valence-corrected chi connectivity index (χ4v) is 5.66. The van der Waals surface area contributed by atoms with Crippen LogP contribution < -0.4 is 4.90 Å². The molecule has 3 aromatic rings. The standard InChI is InChI=1S/C23H24N2O3S2/c1-16(22(27)25-14-6-9-17-8-2-4-11-19(17)25)28-21(26)13-7-15-29-23-24-18-10-3-5-12-20(18)30-23/h2-5,8,10-12,16H,6-7,9,13-15H2,1H3/t16-/m1/s1. The van der Waals surface area contributed by atoms with E-state index < -0.39 is 6.10 Å². The van der Waals surface area contributed by atoms with E-state index in [1.54, 1.807) is 34.9 Å². The number of nitrogens with zero attached hydrogens (tertiary/aromatic N) is 2. The van der Waals surface area contributed by atoms with Crippen molar-refractivity contribution < 1.29 is 14.3 Å². The highest BCUT2D eigenvalue weighted by atomic mass is 32.2. The fourth-order valence-electron chi connectivity index (χ4n) is 3.58. The Kier molecular flexibility index (Phi) is 6.69. The van der Waals surface area contributed by atoms with Gasteiger partial charge in [0.15, 0.2) is 10.4 Å². The normalized spacial score (nSPS) is 14.4. The summed E-state index contributed by atoms with van der Waals surface area (Å²) >= 11 is 3.32. The third-order valence-corrected chi connectivity index (χ3v) is 7.32. The number of thiazole rings is 1. The molecule has 0 saturated heterocycles. The van der Waals surface area contributed by atoms with Crippen molar-refractivity contribution in [2.75, 3.05) is 17.2 Å². The Labute approximate surface area is 184 Å². The second-order valence-electron chi connectivity index (χ2n) is 7.25. The van der Waals surface area contributed by atoms with Gasteiger partial charge in [-0.3, -0.25) is 9.59 Å². The first-order valence-electron chi connectivity index (χ1n) is 10.2. The SMILES string of the molecule is C[C@@H](OC(=O)CCCSc1nc2ccccc2s1)C(=O)N1CCCc2ccccc21. The first-order valence-corrected chi connectivity index (χ1v) is 12.0. The first kappa shape index (κ1) is 20.9. The molecule has 2 heterocycles. The molecule has 1 atom stereocenters. The van der Waals surface area contributed by atoms with Gasteiger partial charge in [-0.15, -0.1) is 11.3 Å². The number of amides is 1. The second-order valence-corrected chi connectivity index (χ2v) is 9.63. The Bertz CT molecular complexity index is 1020. The zero-order valence-corrected chi connectivity index (χ0v) is 18.5. The van der Waals surface area contributed by atoms with E-state index in [1.807, 2.05) is 36.4 Å². The average Bonchev–Trinajstić information content (AvgIpc) is 3.18. The van der Waals surface area contributed by atoms with E-state index in [-0.39, 0.29) is 11.9 Å². The largest absolute Gasteiger partial charge is 0.453 e. The average molecular weight is 441 g/mol. The number of benzene rings is 2. The molecule has 1 amide bonds. The highest BCUT2D eigenvalue weighted by Gasteiger charge is 2.28. The lowest BCUT2D eigenvalue weighted by atomic mass is 10.0. The van der Waals surface area contributed by atoms with Crippen molar-refractivity contribution in [2.24, 2.45) is 0 Å². The maximum atomic E-state index is 12.8. The van der Waals surface area contributed by atoms with Gasteiger partial charge in [-0.05, 0) is 49.9 Å². The van der Waals surface area contributed by atoms with Crippen LogP contribution in [-0.4, -0.2) is 35.3 Å². The van der Waals surface area contributed by atoms with Crippen molar-refractivity contribution in [3.8, 4) is 0 Å². The molecular formula is C23H24N2O3S2. The number of thioether (sulfide) groups is 1. The van der Waals surface area contributed by atoms with E-state index in [0.29, 0.717) is 19.4 Å². The molecule has 0 unspecified atom stereocenters. The Morgan fingerprint density at radius 3 is 2.87 bits per heavy atom. The lowest BCUT2D eigenvalue weighted by Gasteiger charge is -2.31. The molecule has 1 aliphatic rings. The van der Waals surface area contributed by atoms with Crippen LogP contribution in [0.2, 0.25) is 0 Å². The smallest absolute Gasteiger partial charge is 0.306 e. The van der Waals surface area contributed by atoms with Gasteiger partial charge in [-0.1, -0.05) is 42.1 Å². The van der Waals surface area contributed by atoms with Gasteiger partial charge in [-0.25, -0.2) is 4.98 Å². The molecule has 0 bridgehead atoms. The number of aryl methyl sites for hydroxylation is 1. The number of hydrogen-bond donors (Lipinski definition) is 0. The third-order valence-electron chi connectivity index (χ3n) is 5.06. The highest BCUT2D eigenvalue weighted by molar-refractivity contribution is 8.01. The lowest BCUT2D eigenvalue weighted by molar-refractivity contribution is -0.153. The van der Waals surface area contributed by atoms with Gasteiger partial charge in [0.2, 0.25) is 0 Å². The predicted molar refractivity (Wildman–Crippen MR) is 122 cm³/mol. The maximum absolute atomic E-state index is 12.8. The van der Waals surface area contributed by atoms with E-state index in [2.05, 4.69) is 17.1 Å². The molecule has 2 aromatic carbocycles. The molecule has 156 valence electrons. The Morgan fingerprint density at radius 1 is 1.20 bits per heavy atom.